The van der Waals surface area contributed by atoms with Gasteiger partial charge < -0.3 is 14.8 Å². The molecule has 3 aromatic carbocycles. The summed E-state index contributed by atoms with van der Waals surface area (Å²) in [6.45, 7) is 4.47. The van der Waals surface area contributed by atoms with Crippen molar-refractivity contribution in [2.45, 2.75) is 27.0 Å². The maximum atomic E-state index is 12.9. The fourth-order valence-electron chi connectivity index (χ4n) is 3.74. The molecule has 4 rings (SSSR count). The van der Waals surface area contributed by atoms with E-state index in [4.69, 9.17) is 21.1 Å². The maximum Gasteiger partial charge on any atom is 0.329 e. The largest absolute Gasteiger partial charge is 0.490 e. The quantitative estimate of drug-likeness (QED) is 0.321. The summed E-state index contributed by atoms with van der Waals surface area (Å²) in [6, 6.07) is 19.8. The van der Waals surface area contributed by atoms with E-state index in [9.17, 15) is 14.9 Å². The second-order valence-corrected chi connectivity index (χ2v) is 8.59. The van der Waals surface area contributed by atoms with Crippen LogP contribution < -0.4 is 14.8 Å². The Hall–Kier alpha value is -4.28. The molecule has 1 fully saturated rings. The van der Waals surface area contributed by atoms with Gasteiger partial charge in [-0.15, -0.1) is 0 Å². The van der Waals surface area contributed by atoms with E-state index in [0.717, 1.165) is 21.6 Å². The lowest BCUT2D eigenvalue weighted by Crippen LogP contribution is -2.30. The molecule has 36 heavy (non-hydrogen) atoms. The van der Waals surface area contributed by atoms with E-state index in [0.29, 0.717) is 29.2 Å². The minimum atomic E-state index is -0.487. The van der Waals surface area contributed by atoms with Crippen molar-refractivity contribution in [1.29, 1.82) is 5.26 Å². The van der Waals surface area contributed by atoms with Crippen LogP contribution in [0.4, 0.5) is 4.79 Å². The van der Waals surface area contributed by atoms with Crippen molar-refractivity contribution >= 4 is 29.6 Å². The molecule has 0 atom stereocenters. The van der Waals surface area contributed by atoms with E-state index in [1.807, 2.05) is 50.2 Å². The van der Waals surface area contributed by atoms with Crippen molar-refractivity contribution in [1.82, 2.24) is 10.2 Å². The van der Waals surface area contributed by atoms with E-state index < -0.39 is 11.9 Å². The van der Waals surface area contributed by atoms with Crippen LogP contribution in [0.5, 0.6) is 11.5 Å². The Labute approximate surface area is 214 Å². The third-order valence-corrected chi connectivity index (χ3v) is 5.86. The number of hydrogen-bond donors (Lipinski definition) is 1. The number of aryl methyl sites for hydroxylation is 1. The van der Waals surface area contributed by atoms with E-state index in [2.05, 4.69) is 11.4 Å². The van der Waals surface area contributed by atoms with Crippen molar-refractivity contribution in [3.63, 3.8) is 0 Å². The number of nitrogens with zero attached hydrogens (tertiary/aromatic N) is 2. The molecule has 0 saturated carbocycles. The maximum absolute atomic E-state index is 12.9. The number of benzene rings is 3. The first kappa shape index (κ1) is 24.8. The first-order valence-electron chi connectivity index (χ1n) is 11.4. The van der Waals surface area contributed by atoms with Gasteiger partial charge in [0, 0.05) is 5.56 Å². The molecule has 1 saturated heterocycles. The molecule has 1 aliphatic heterocycles. The highest BCUT2D eigenvalue weighted by atomic mass is 35.5. The van der Waals surface area contributed by atoms with Crippen molar-refractivity contribution in [3.8, 4) is 17.6 Å². The smallest absolute Gasteiger partial charge is 0.329 e. The lowest BCUT2D eigenvalue weighted by molar-refractivity contribution is -0.123. The van der Waals surface area contributed by atoms with Crippen LogP contribution >= 0.6 is 11.6 Å². The van der Waals surface area contributed by atoms with Gasteiger partial charge in [0.25, 0.3) is 5.91 Å². The van der Waals surface area contributed by atoms with Gasteiger partial charge in [0.2, 0.25) is 0 Å². The van der Waals surface area contributed by atoms with Crippen LogP contribution in [0.3, 0.4) is 0 Å². The molecule has 0 unspecified atom stereocenters. The summed E-state index contributed by atoms with van der Waals surface area (Å²) in [7, 11) is 0. The minimum absolute atomic E-state index is 0.131. The SMILES string of the molecule is CCOc1cc(/C=C2/NC(=O)N(Cc3ccc(C)cc3)C2=O)cc(Cl)c1OCc1ccccc1C#N. The topological polar surface area (TPSA) is 91.7 Å². The van der Waals surface area contributed by atoms with E-state index >= 15 is 0 Å². The normalized spacial score (nSPS) is 14.1. The number of urea groups is 1. The standard InChI is InChI=1S/C28H24ClN3O4/c1-3-35-25-14-20(12-23(29)26(25)36-17-22-7-5-4-6-21(22)15-30)13-24-27(33)32(28(34)31-24)16-19-10-8-18(2)9-11-19/h4-14H,3,16-17H2,1-2H3,(H,31,34)/b24-13+. The second-order valence-electron chi connectivity index (χ2n) is 8.19. The highest BCUT2D eigenvalue weighted by Crippen LogP contribution is 2.38. The molecule has 3 amide bonds. The summed E-state index contributed by atoms with van der Waals surface area (Å²) >= 11 is 6.53. The van der Waals surface area contributed by atoms with Crippen molar-refractivity contribution < 1.29 is 19.1 Å². The molecule has 182 valence electrons. The Kier molecular flexibility index (Phi) is 7.57. The zero-order valence-corrected chi connectivity index (χ0v) is 20.6. The van der Waals surface area contributed by atoms with Gasteiger partial charge in [-0.2, -0.15) is 5.26 Å². The fraction of sp³-hybridized carbons (Fsp3) is 0.179. The van der Waals surface area contributed by atoms with Crippen molar-refractivity contribution in [3.05, 3.63) is 99.2 Å². The van der Waals surface area contributed by atoms with Crippen LogP contribution in [0.1, 0.15) is 34.7 Å². The summed E-state index contributed by atoms with van der Waals surface area (Å²) in [4.78, 5) is 26.6. The molecule has 1 heterocycles. The van der Waals surface area contributed by atoms with Crippen LogP contribution in [-0.2, 0) is 17.9 Å². The molecule has 7 nitrogen and oxygen atoms in total. The summed E-state index contributed by atoms with van der Waals surface area (Å²) in [5.74, 6) is 0.291. The first-order chi connectivity index (χ1) is 17.4. The molecular formula is C28H24ClN3O4. The average Bonchev–Trinajstić information content (AvgIpc) is 3.12. The number of rotatable bonds is 8. The number of amides is 3. The summed E-state index contributed by atoms with van der Waals surface area (Å²) in [6.07, 6.45) is 1.55. The zero-order valence-electron chi connectivity index (χ0n) is 19.9. The molecule has 8 heteroatoms. The van der Waals surface area contributed by atoms with Gasteiger partial charge in [-0.3, -0.25) is 9.69 Å². The molecule has 0 spiro atoms. The molecule has 1 aliphatic rings. The first-order valence-corrected chi connectivity index (χ1v) is 11.7. The molecular weight excluding hydrogens is 478 g/mol. The highest BCUT2D eigenvalue weighted by Gasteiger charge is 2.33. The van der Waals surface area contributed by atoms with Crippen LogP contribution in [0.25, 0.3) is 6.08 Å². The molecule has 0 aromatic heterocycles. The van der Waals surface area contributed by atoms with E-state index in [1.165, 1.54) is 0 Å². The van der Waals surface area contributed by atoms with Gasteiger partial charge in [-0.1, -0.05) is 59.6 Å². The van der Waals surface area contributed by atoms with Gasteiger partial charge in [0.15, 0.2) is 11.5 Å². The van der Waals surface area contributed by atoms with Crippen molar-refractivity contribution in [2.24, 2.45) is 0 Å². The van der Waals surface area contributed by atoms with Crippen LogP contribution in [0, 0.1) is 18.3 Å². The Morgan fingerprint density at radius 1 is 1.08 bits per heavy atom. The average molecular weight is 502 g/mol. The lowest BCUT2D eigenvalue weighted by atomic mass is 10.1. The number of imide groups is 1. The molecule has 1 N–H and O–H groups in total. The fourth-order valence-corrected chi connectivity index (χ4v) is 4.01. The van der Waals surface area contributed by atoms with Gasteiger partial charge in [-0.05, 0) is 49.2 Å². The van der Waals surface area contributed by atoms with Gasteiger partial charge in [0.05, 0.1) is 29.8 Å². The second kappa shape index (κ2) is 11.0. The summed E-state index contributed by atoms with van der Waals surface area (Å²) < 4.78 is 11.7. The van der Waals surface area contributed by atoms with Crippen LogP contribution in [0.2, 0.25) is 5.02 Å². The molecule has 0 bridgehead atoms. The van der Waals surface area contributed by atoms with E-state index in [-0.39, 0.29) is 23.9 Å². The predicted molar refractivity (Wildman–Crippen MR) is 136 cm³/mol. The van der Waals surface area contributed by atoms with Crippen molar-refractivity contribution in [2.75, 3.05) is 6.61 Å². The number of hydrogen-bond acceptors (Lipinski definition) is 5. The Morgan fingerprint density at radius 3 is 2.56 bits per heavy atom. The third-order valence-electron chi connectivity index (χ3n) is 5.58. The van der Waals surface area contributed by atoms with Crippen LogP contribution in [-0.4, -0.2) is 23.4 Å². The number of carbonyl (C=O) groups is 2. The minimum Gasteiger partial charge on any atom is -0.490 e. The lowest BCUT2D eigenvalue weighted by Gasteiger charge is -2.15. The summed E-state index contributed by atoms with van der Waals surface area (Å²) in [5, 5.41) is 12.2. The molecule has 3 aromatic rings. The number of carbonyl (C=O) groups excluding carboxylic acids is 2. The van der Waals surface area contributed by atoms with Gasteiger partial charge >= 0.3 is 6.03 Å². The predicted octanol–water partition coefficient (Wildman–Crippen LogP) is 5.59. The Morgan fingerprint density at radius 2 is 1.83 bits per heavy atom. The number of nitriles is 1. The highest BCUT2D eigenvalue weighted by molar-refractivity contribution is 6.32. The van der Waals surface area contributed by atoms with Gasteiger partial charge in [0.1, 0.15) is 12.3 Å². The Balaban J connectivity index is 1.56. The molecule has 0 radical (unpaired) electrons. The third kappa shape index (κ3) is 5.51. The Bertz CT molecular complexity index is 1380. The van der Waals surface area contributed by atoms with Crippen LogP contribution in [0.15, 0.2) is 66.4 Å². The summed E-state index contributed by atoms with van der Waals surface area (Å²) in [5.41, 5.74) is 3.89. The monoisotopic (exact) mass is 501 g/mol. The number of nitrogens with one attached hydrogen (secondary N) is 1. The number of halogens is 1. The number of ether oxygens (including phenoxy) is 2. The van der Waals surface area contributed by atoms with E-state index in [1.54, 1.807) is 30.3 Å². The van der Waals surface area contributed by atoms with Gasteiger partial charge in [-0.25, -0.2) is 4.79 Å². The zero-order chi connectivity index (χ0) is 25.7. The molecule has 0 aliphatic carbocycles.